The van der Waals surface area contributed by atoms with Gasteiger partial charge in [-0.25, -0.2) is 13.8 Å². The smallest absolute Gasteiger partial charge is 0.333 e. The molecule has 0 aliphatic heterocycles. The summed E-state index contributed by atoms with van der Waals surface area (Å²) in [7, 11) is -2.03. The summed E-state index contributed by atoms with van der Waals surface area (Å²) in [5.74, 6) is -1.02. The molecule has 1 atom stereocenters. The Morgan fingerprint density at radius 1 is 0.950 bits per heavy atom. The standard InChI is InChI=1S/C45H49FN6O6SSi/c1-29-38-39(53)51(45(5,6)42(54)58-60(44(2,3)4,33-14-10-8-11-15-33)34-16-12-9-13-17-34)43(55)50(41(38)59-40(29)52-48-24-25-49-52)28-37(35-26-31(46)20-23-36(35)56-7)57-32-21-18-30(27-47)19-22-32/h8-17,20,23-26,30,32,37H,18-19,21-22,28H2,1-7H3/t30?,32?,37-/m0/s1. The zero-order chi connectivity index (χ0) is 43.0. The van der Waals surface area contributed by atoms with Crippen molar-refractivity contribution in [2.24, 2.45) is 5.92 Å². The average Bonchev–Trinajstić information content (AvgIpc) is 3.89. The monoisotopic (exact) mass is 848 g/mol. The Balaban J connectivity index is 1.43. The number of ether oxygens (including phenoxy) is 2. The second-order valence-corrected chi connectivity index (χ2v) is 22.0. The van der Waals surface area contributed by atoms with Gasteiger partial charge in [-0.15, -0.1) is 4.80 Å². The molecule has 3 heterocycles. The van der Waals surface area contributed by atoms with Crippen LogP contribution in [0.15, 0.2) is 101 Å². The predicted molar refractivity (Wildman–Crippen MR) is 231 cm³/mol. The minimum absolute atomic E-state index is 0.0907. The van der Waals surface area contributed by atoms with E-state index in [2.05, 4.69) is 16.3 Å². The second-order valence-electron chi connectivity index (χ2n) is 16.8. The van der Waals surface area contributed by atoms with Gasteiger partial charge in [-0.1, -0.05) is 92.8 Å². The van der Waals surface area contributed by atoms with Crippen molar-refractivity contribution in [2.75, 3.05) is 7.11 Å². The molecule has 0 unspecified atom stereocenters. The lowest BCUT2D eigenvalue weighted by atomic mass is 9.88. The van der Waals surface area contributed by atoms with Crippen LogP contribution in [0.5, 0.6) is 5.75 Å². The maximum absolute atomic E-state index is 15.3. The van der Waals surface area contributed by atoms with Gasteiger partial charge in [0.05, 0.1) is 43.6 Å². The number of benzene rings is 3. The number of fused-ring (bicyclic) bond motifs is 1. The van der Waals surface area contributed by atoms with Gasteiger partial charge in [0.15, 0.2) is 0 Å². The van der Waals surface area contributed by atoms with E-state index in [0.717, 1.165) is 26.3 Å². The third-order valence-corrected chi connectivity index (χ3v) is 17.8. The number of carbonyl (C=O) groups is 1. The van der Waals surface area contributed by atoms with E-state index in [0.29, 0.717) is 52.4 Å². The topological polar surface area (TPSA) is 143 Å². The Morgan fingerprint density at radius 3 is 2.10 bits per heavy atom. The maximum atomic E-state index is 15.3. The zero-order valence-corrected chi connectivity index (χ0v) is 36.7. The number of carbonyl (C=O) groups excluding carboxylic acids is 1. The minimum atomic E-state index is -3.50. The Labute approximate surface area is 352 Å². The van der Waals surface area contributed by atoms with E-state index < -0.39 is 48.0 Å². The fourth-order valence-electron chi connectivity index (χ4n) is 8.40. The van der Waals surface area contributed by atoms with Gasteiger partial charge in [0.2, 0.25) is 0 Å². The molecule has 12 nitrogen and oxygen atoms in total. The Kier molecular flexibility index (Phi) is 11.8. The highest BCUT2D eigenvalue weighted by Gasteiger charge is 2.55. The molecular formula is C45H49FN6O6SSi. The van der Waals surface area contributed by atoms with Crippen LogP contribution in [0.4, 0.5) is 4.39 Å². The molecule has 0 radical (unpaired) electrons. The molecule has 6 aromatic rings. The van der Waals surface area contributed by atoms with Gasteiger partial charge < -0.3 is 13.9 Å². The van der Waals surface area contributed by atoms with E-state index in [1.807, 2.05) is 81.4 Å². The van der Waals surface area contributed by atoms with E-state index in [9.17, 15) is 5.26 Å². The number of nitriles is 1. The average molecular weight is 849 g/mol. The molecule has 3 aromatic carbocycles. The van der Waals surface area contributed by atoms with Gasteiger partial charge in [-0.05, 0) is 80.1 Å². The van der Waals surface area contributed by atoms with Crippen molar-refractivity contribution < 1.29 is 23.1 Å². The predicted octanol–water partition coefficient (Wildman–Crippen LogP) is 6.94. The van der Waals surface area contributed by atoms with Crippen molar-refractivity contribution in [1.29, 1.82) is 5.26 Å². The van der Waals surface area contributed by atoms with Crippen LogP contribution in [0.1, 0.15) is 77.5 Å². The lowest BCUT2D eigenvalue weighted by molar-refractivity contribution is -0.144. The summed E-state index contributed by atoms with van der Waals surface area (Å²) < 4.78 is 36.9. The van der Waals surface area contributed by atoms with Crippen molar-refractivity contribution in [3.8, 4) is 16.8 Å². The summed E-state index contributed by atoms with van der Waals surface area (Å²) in [6, 6.07) is 25.8. The number of rotatable bonds is 12. The lowest BCUT2D eigenvalue weighted by Crippen LogP contribution is -2.69. The Bertz CT molecular complexity index is 2620. The second kappa shape index (κ2) is 16.8. The number of aromatic nitrogens is 5. The molecule has 3 aromatic heterocycles. The Morgan fingerprint density at radius 2 is 1.55 bits per heavy atom. The molecule has 7 rings (SSSR count). The van der Waals surface area contributed by atoms with Crippen LogP contribution >= 0.6 is 11.3 Å². The van der Waals surface area contributed by atoms with Crippen LogP contribution in [0, 0.1) is 30.0 Å². The highest BCUT2D eigenvalue weighted by molar-refractivity contribution is 7.21. The molecule has 1 saturated carbocycles. The number of hydrogen-bond donors (Lipinski definition) is 0. The summed E-state index contributed by atoms with van der Waals surface area (Å²) in [6.07, 6.45) is 4.21. The van der Waals surface area contributed by atoms with E-state index in [4.69, 9.17) is 13.9 Å². The van der Waals surface area contributed by atoms with E-state index in [-0.39, 0.29) is 24.0 Å². The number of hydrogen-bond acceptors (Lipinski definition) is 10. The Hall–Kier alpha value is -5.69. The zero-order valence-electron chi connectivity index (χ0n) is 34.8. The van der Waals surface area contributed by atoms with Crippen LogP contribution in [0.2, 0.25) is 5.04 Å². The molecule has 312 valence electrons. The fraction of sp³-hybridized carbons (Fsp3) is 0.378. The van der Waals surface area contributed by atoms with Gasteiger partial charge in [-0.2, -0.15) is 15.5 Å². The molecule has 0 saturated heterocycles. The first-order valence-corrected chi connectivity index (χ1v) is 22.7. The number of halogens is 1. The van der Waals surface area contributed by atoms with Crippen molar-refractivity contribution in [3.63, 3.8) is 0 Å². The highest BCUT2D eigenvalue weighted by atomic mass is 32.1. The minimum Gasteiger partial charge on any atom is -0.508 e. The molecule has 15 heteroatoms. The molecule has 1 fully saturated rings. The van der Waals surface area contributed by atoms with Crippen LogP contribution < -0.4 is 26.4 Å². The number of methoxy groups -OCH3 is 1. The SMILES string of the molecule is COc1ccc(F)cc1[C@H](Cn1c(=O)n(C(C)(C)C(=O)O[Si](c2ccccc2)(c2ccccc2)C(C)(C)C)c(=O)c2c(C)c(-n3nccn3)sc21)OC1CCC(C#N)CC1. The number of aryl methyl sites for hydroxylation is 1. The molecule has 0 N–H and O–H groups in total. The molecule has 60 heavy (non-hydrogen) atoms. The highest BCUT2D eigenvalue weighted by Crippen LogP contribution is 2.40. The van der Waals surface area contributed by atoms with Crippen molar-refractivity contribution in [3.05, 3.63) is 129 Å². The first-order chi connectivity index (χ1) is 28.6. The molecular weight excluding hydrogens is 800 g/mol. The van der Waals surface area contributed by atoms with Crippen LogP contribution in [-0.2, 0) is 26.0 Å². The van der Waals surface area contributed by atoms with Crippen LogP contribution in [-0.4, -0.2) is 51.6 Å². The summed E-state index contributed by atoms with van der Waals surface area (Å²) in [5.41, 5.74) is -2.44. The normalized spacial score (nSPS) is 16.6. The fourth-order valence-corrected chi connectivity index (χ4v) is 14.1. The third-order valence-electron chi connectivity index (χ3n) is 11.6. The molecule has 1 aliphatic rings. The summed E-state index contributed by atoms with van der Waals surface area (Å²) in [5, 5.41) is 20.0. The summed E-state index contributed by atoms with van der Waals surface area (Å²) in [6.45, 7) is 10.7. The van der Waals surface area contributed by atoms with Crippen LogP contribution in [0.3, 0.4) is 0 Å². The van der Waals surface area contributed by atoms with Crippen molar-refractivity contribution >= 4 is 46.2 Å². The number of nitrogens with zero attached hydrogens (tertiary/aromatic N) is 6. The van der Waals surface area contributed by atoms with Gasteiger partial charge >= 0.3 is 20.0 Å². The molecule has 0 spiro atoms. The van der Waals surface area contributed by atoms with Gasteiger partial charge in [0.1, 0.15) is 33.0 Å². The quantitative estimate of drug-likeness (QED) is 0.120. The largest absolute Gasteiger partial charge is 0.508 e. The first kappa shape index (κ1) is 42.4. The van der Waals surface area contributed by atoms with Gasteiger partial charge in [0, 0.05) is 17.0 Å². The maximum Gasteiger partial charge on any atom is 0.333 e. The molecule has 0 bridgehead atoms. The van der Waals surface area contributed by atoms with Crippen molar-refractivity contribution in [2.45, 2.75) is 96.6 Å². The first-order valence-electron chi connectivity index (χ1n) is 20.0. The lowest BCUT2D eigenvalue weighted by Gasteiger charge is -2.43. The van der Waals surface area contributed by atoms with Crippen LogP contribution in [0.25, 0.3) is 15.2 Å². The van der Waals surface area contributed by atoms with Gasteiger partial charge in [-0.3, -0.25) is 14.2 Å². The molecule has 1 aliphatic carbocycles. The van der Waals surface area contributed by atoms with Crippen molar-refractivity contribution in [1.82, 2.24) is 24.1 Å². The van der Waals surface area contributed by atoms with E-state index >= 15 is 18.8 Å². The van der Waals surface area contributed by atoms with E-state index in [1.54, 1.807) is 6.92 Å². The number of thiophene rings is 1. The summed E-state index contributed by atoms with van der Waals surface area (Å²) in [4.78, 5) is 47.2. The van der Waals surface area contributed by atoms with E-state index in [1.165, 1.54) is 60.9 Å². The van der Waals surface area contributed by atoms with Gasteiger partial charge in [0.25, 0.3) is 5.56 Å². The third kappa shape index (κ3) is 7.63. The molecule has 0 amide bonds. The summed E-state index contributed by atoms with van der Waals surface area (Å²) >= 11 is 1.15.